The second kappa shape index (κ2) is 8.51. The number of carboxylic acid groups (broad SMARTS) is 1. The zero-order valence-corrected chi connectivity index (χ0v) is 12.1. The Labute approximate surface area is 121 Å². The highest BCUT2D eigenvalue weighted by atomic mass is 16.5. The molecule has 5 heteroatoms. The van der Waals surface area contributed by atoms with E-state index in [1.807, 2.05) is 0 Å². The highest BCUT2D eigenvalue weighted by molar-refractivity contribution is 6.36. The predicted octanol–water partition coefficient (Wildman–Crippen LogP) is 2.54. The molecule has 1 aromatic rings. The fourth-order valence-corrected chi connectivity index (χ4v) is 1.62. The van der Waals surface area contributed by atoms with Crippen molar-refractivity contribution in [2.24, 2.45) is 0 Å². The van der Waals surface area contributed by atoms with Gasteiger partial charge in [0, 0.05) is 0 Å². The van der Waals surface area contributed by atoms with Gasteiger partial charge in [-0.15, -0.1) is 0 Å². The summed E-state index contributed by atoms with van der Waals surface area (Å²) in [5.41, 5.74) is 0.486. The number of hydrogen-bond acceptors (Lipinski definition) is 3. The second-order valence-electron chi connectivity index (χ2n) is 4.60. The SMILES string of the molecule is [B]c1c(OCCCC)cc(C(=O)O)cc1OCCCC. The second-order valence-corrected chi connectivity index (χ2v) is 4.60. The van der Waals surface area contributed by atoms with Gasteiger partial charge in [-0.1, -0.05) is 26.7 Å². The molecule has 108 valence electrons. The van der Waals surface area contributed by atoms with E-state index in [0.29, 0.717) is 30.2 Å². The molecule has 2 radical (unpaired) electrons. The molecule has 0 spiro atoms. The van der Waals surface area contributed by atoms with Gasteiger partial charge in [-0.05, 0) is 30.4 Å². The van der Waals surface area contributed by atoms with E-state index in [0.717, 1.165) is 25.7 Å². The minimum atomic E-state index is -1.02. The van der Waals surface area contributed by atoms with E-state index < -0.39 is 5.97 Å². The number of benzene rings is 1. The fourth-order valence-electron chi connectivity index (χ4n) is 1.62. The lowest BCUT2D eigenvalue weighted by Crippen LogP contribution is -2.16. The molecule has 0 aliphatic heterocycles. The van der Waals surface area contributed by atoms with Crippen molar-refractivity contribution in [2.75, 3.05) is 13.2 Å². The molecule has 1 N–H and O–H groups in total. The number of rotatable bonds is 9. The monoisotopic (exact) mass is 276 g/mol. The van der Waals surface area contributed by atoms with Gasteiger partial charge in [-0.2, -0.15) is 0 Å². The van der Waals surface area contributed by atoms with Crippen molar-refractivity contribution in [3.05, 3.63) is 17.7 Å². The largest absolute Gasteiger partial charge is 0.494 e. The molecule has 0 atom stereocenters. The van der Waals surface area contributed by atoms with E-state index in [4.69, 9.17) is 22.4 Å². The van der Waals surface area contributed by atoms with Crippen LogP contribution < -0.4 is 14.9 Å². The molecule has 0 heterocycles. The van der Waals surface area contributed by atoms with Gasteiger partial charge in [-0.3, -0.25) is 0 Å². The minimum Gasteiger partial charge on any atom is -0.494 e. The molecule has 0 saturated heterocycles. The molecule has 0 saturated carbocycles. The van der Waals surface area contributed by atoms with Crippen LogP contribution >= 0.6 is 0 Å². The molecule has 0 fully saturated rings. The van der Waals surface area contributed by atoms with Crippen LogP contribution in [-0.2, 0) is 0 Å². The Morgan fingerprint density at radius 2 is 1.55 bits per heavy atom. The van der Waals surface area contributed by atoms with Crippen LogP contribution in [-0.4, -0.2) is 32.1 Å². The highest BCUT2D eigenvalue weighted by Crippen LogP contribution is 2.20. The molecule has 20 heavy (non-hydrogen) atoms. The van der Waals surface area contributed by atoms with Crippen molar-refractivity contribution in [1.82, 2.24) is 0 Å². The van der Waals surface area contributed by atoms with E-state index in [1.165, 1.54) is 12.1 Å². The van der Waals surface area contributed by atoms with E-state index in [9.17, 15) is 4.79 Å². The standard InChI is InChI=1S/C15H21BO4/c1-3-5-7-19-12-9-11(15(17)18)10-13(14(12)16)20-8-6-4-2/h9-10H,3-8H2,1-2H3,(H,17,18). The molecule has 0 amide bonds. The summed E-state index contributed by atoms with van der Waals surface area (Å²) in [7, 11) is 5.97. The summed E-state index contributed by atoms with van der Waals surface area (Å²) in [5.74, 6) is -0.264. The molecule has 1 aromatic carbocycles. The van der Waals surface area contributed by atoms with E-state index in [1.54, 1.807) is 0 Å². The average molecular weight is 276 g/mol. The molecular formula is C15H21BO4. The summed E-state index contributed by atoms with van der Waals surface area (Å²) in [6.07, 6.45) is 3.78. The lowest BCUT2D eigenvalue weighted by atomic mass is 9.92. The van der Waals surface area contributed by atoms with E-state index in [2.05, 4.69) is 13.8 Å². The first-order valence-corrected chi connectivity index (χ1v) is 7.02. The maximum absolute atomic E-state index is 11.1. The van der Waals surface area contributed by atoms with Gasteiger partial charge in [0.05, 0.1) is 18.8 Å². The number of aromatic carboxylic acids is 1. The van der Waals surface area contributed by atoms with Crippen LogP contribution in [0.5, 0.6) is 11.5 Å². The predicted molar refractivity (Wildman–Crippen MR) is 79.6 cm³/mol. The zero-order valence-electron chi connectivity index (χ0n) is 12.1. The van der Waals surface area contributed by atoms with E-state index in [-0.39, 0.29) is 5.56 Å². The normalized spacial score (nSPS) is 10.3. The molecule has 0 unspecified atom stereocenters. The Bertz CT molecular complexity index is 414. The molecule has 0 aliphatic rings. The van der Waals surface area contributed by atoms with Gasteiger partial charge in [0.15, 0.2) is 0 Å². The molecule has 0 aromatic heterocycles. The van der Waals surface area contributed by atoms with Gasteiger partial charge in [-0.25, -0.2) is 4.79 Å². The summed E-state index contributed by atoms with van der Waals surface area (Å²) >= 11 is 0. The lowest BCUT2D eigenvalue weighted by molar-refractivity contribution is 0.0696. The topological polar surface area (TPSA) is 55.8 Å². The van der Waals surface area contributed by atoms with Crippen molar-refractivity contribution in [3.8, 4) is 11.5 Å². The summed E-state index contributed by atoms with van der Waals surface area (Å²) in [5, 5.41) is 9.12. The molecule has 4 nitrogen and oxygen atoms in total. The average Bonchev–Trinajstić information content (AvgIpc) is 2.42. The number of hydrogen-bond donors (Lipinski definition) is 1. The third-order valence-electron chi connectivity index (χ3n) is 2.86. The minimum absolute atomic E-state index is 0.122. The number of carboxylic acids is 1. The lowest BCUT2D eigenvalue weighted by Gasteiger charge is -2.15. The van der Waals surface area contributed by atoms with Gasteiger partial charge in [0.2, 0.25) is 0 Å². The quantitative estimate of drug-likeness (QED) is 0.556. The van der Waals surface area contributed by atoms with Crippen molar-refractivity contribution in [2.45, 2.75) is 39.5 Å². The first-order valence-electron chi connectivity index (χ1n) is 7.02. The molecule has 0 aliphatic carbocycles. The van der Waals surface area contributed by atoms with Crippen molar-refractivity contribution in [1.29, 1.82) is 0 Å². The van der Waals surface area contributed by atoms with Crippen LogP contribution in [0, 0.1) is 0 Å². The van der Waals surface area contributed by atoms with Crippen LogP contribution in [0.2, 0.25) is 0 Å². The first-order chi connectivity index (χ1) is 9.60. The summed E-state index contributed by atoms with van der Waals surface area (Å²) in [6, 6.07) is 2.89. The maximum Gasteiger partial charge on any atom is 0.335 e. The molecule has 0 bridgehead atoms. The van der Waals surface area contributed by atoms with Gasteiger partial charge < -0.3 is 14.6 Å². The number of unbranched alkanes of at least 4 members (excludes halogenated alkanes) is 2. The van der Waals surface area contributed by atoms with Crippen LogP contribution in [0.4, 0.5) is 0 Å². The van der Waals surface area contributed by atoms with Crippen LogP contribution in [0.1, 0.15) is 49.9 Å². The summed E-state index contributed by atoms with van der Waals surface area (Å²) < 4.78 is 11.1. The molecule has 1 rings (SSSR count). The van der Waals surface area contributed by atoms with Crippen LogP contribution in [0.15, 0.2) is 12.1 Å². The highest BCUT2D eigenvalue weighted by Gasteiger charge is 2.13. The Balaban J connectivity index is 2.93. The van der Waals surface area contributed by atoms with Gasteiger partial charge in [0.25, 0.3) is 0 Å². The van der Waals surface area contributed by atoms with Crippen LogP contribution in [0.3, 0.4) is 0 Å². The maximum atomic E-state index is 11.1. The summed E-state index contributed by atoms with van der Waals surface area (Å²) in [6.45, 7) is 5.13. The Hall–Kier alpha value is -1.65. The Morgan fingerprint density at radius 3 is 1.90 bits per heavy atom. The first kappa shape index (κ1) is 16.4. The third kappa shape index (κ3) is 4.80. The number of carbonyl (C=O) groups is 1. The van der Waals surface area contributed by atoms with Crippen LogP contribution in [0.25, 0.3) is 0 Å². The van der Waals surface area contributed by atoms with Crippen molar-refractivity contribution < 1.29 is 19.4 Å². The summed E-state index contributed by atoms with van der Waals surface area (Å²) in [4.78, 5) is 11.1. The van der Waals surface area contributed by atoms with Crippen molar-refractivity contribution in [3.63, 3.8) is 0 Å². The Morgan fingerprint density at radius 1 is 1.10 bits per heavy atom. The zero-order chi connectivity index (χ0) is 15.0. The smallest absolute Gasteiger partial charge is 0.335 e. The third-order valence-corrected chi connectivity index (χ3v) is 2.86. The molecular weight excluding hydrogens is 255 g/mol. The number of ether oxygens (including phenoxy) is 2. The van der Waals surface area contributed by atoms with E-state index >= 15 is 0 Å². The van der Waals surface area contributed by atoms with Gasteiger partial charge >= 0.3 is 5.97 Å². The fraction of sp³-hybridized carbons (Fsp3) is 0.533. The van der Waals surface area contributed by atoms with Crippen molar-refractivity contribution >= 4 is 19.3 Å². The Kier molecular flexibility index (Phi) is 6.98. The van der Waals surface area contributed by atoms with Gasteiger partial charge in [0.1, 0.15) is 19.3 Å².